The summed E-state index contributed by atoms with van der Waals surface area (Å²) in [6.45, 7) is 5.10. The Balaban J connectivity index is 2.59. The van der Waals surface area contributed by atoms with Gasteiger partial charge in [0.2, 0.25) is 5.88 Å². The summed E-state index contributed by atoms with van der Waals surface area (Å²) in [5.74, 6) is 0.616. The molecule has 1 unspecified atom stereocenters. The van der Waals surface area contributed by atoms with Crippen molar-refractivity contribution in [1.82, 2.24) is 10.3 Å². The number of hydrogen-bond acceptors (Lipinski definition) is 4. The molecule has 0 fully saturated rings. The summed E-state index contributed by atoms with van der Waals surface area (Å²) in [6, 6.07) is 3.95. The summed E-state index contributed by atoms with van der Waals surface area (Å²) in [6.07, 6.45) is 4.60. The number of ether oxygens (including phenoxy) is 1. The van der Waals surface area contributed by atoms with Gasteiger partial charge in [0.1, 0.15) is 0 Å². The highest BCUT2D eigenvalue weighted by Crippen LogP contribution is 2.13. The Bertz CT molecular complexity index is 311. The molecule has 0 saturated carbocycles. The van der Waals surface area contributed by atoms with Crippen molar-refractivity contribution >= 4 is 0 Å². The summed E-state index contributed by atoms with van der Waals surface area (Å²) < 4.78 is 5.01. The lowest BCUT2D eigenvalue weighted by Crippen LogP contribution is -2.28. The van der Waals surface area contributed by atoms with E-state index >= 15 is 0 Å². The van der Waals surface area contributed by atoms with Gasteiger partial charge in [0, 0.05) is 24.8 Å². The monoisotopic (exact) mass is 221 g/mol. The SMILES string of the molecule is C=CCCNC(CN)c1ccc(OC)nc1. The van der Waals surface area contributed by atoms with Crippen LogP contribution in [0.5, 0.6) is 5.88 Å². The van der Waals surface area contributed by atoms with Crippen molar-refractivity contribution in [2.45, 2.75) is 12.5 Å². The molecule has 0 aliphatic rings. The Hall–Kier alpha value is -1.39. The number of nitrogens with two attached hydrogens (primary N) is 1. The second-order valence-corrected chi connectivity index (χ2v) is 3.45. The second-order valence-electron chi connectivity index (χ2n) is 3.45. The molecule has 4 nitrogen and oxygen atoms in total. The third-order valence-electron chi connectivity index (χ3n) is 2.35. The maximum Gasteiger partial charge on any atom is 0.212 e. The van der Waals surface area contributed by atoms with Gasteiger partial charge in [-0.05, 0) is 18.5 Å². The van der Waals surface area contributed by atoms with Crippen molar-refractivity contribution in [1.29, 1.82) is 0 Å². The van der Waals surface area contributed by atoms with Crippen LogP contribution in [0.2, 0.25) is 0 Å². The third kappa shape index (κ3) is 3.64. The Labute approximate surface area is 96.5 Å². The van der Waals surface area contributed by atoms with E-state index in [1.807, 2.05) is 18.2 Å². The smallest absolute Gasteiger partial charge is 0.212 e. The number of aromatic nitrogens is 1. The molecule has 0 spiro atoms. The molecule has 0 aliphatic heterocycles. The minimum atomic E-state index is 0.137. The normalized spacial score (nSPS) is 12.1. The van der Waals surface area contributed by atoms with Gasteiger partial charge >= 0.3 is 0 Å². The van der Waals surface area contributed by atoms with E-state index in [0.717, 1.165) is 18.5 Å². The van der Waals surface area contributed by atoms with E-state index in [0.29, 0.717) is 12.4 Å². The van der Waals surface area contributed by atoms with E-state index in [1.54, 1.807) is 13.3 Å². The number of nitrogens with one attached hydrogen (secondary N) is 1. The van der Waals surface area contributed by atoms with Crippen molar-refractivity contribution in [2.75, 3.05) is 20.2 Å². The molecule has 1 aromatic heterocycles. The zero-order valence-corrected chi connectivity index (χ0v) is 9.65. The van der Waals surface area contributed by atoms with Crippen LogP contribution in [0.15, 0.2) is 31.0 Å². The fourth-order valence-electron chi connectivity index (χ4n) is 1.42. The lowest BCUT2D eigenvalue weighted by molar-refractivity contribution is 0.397. The molecule has 1 rings (SSSR count). The zero-order chi connectivity index (χ0) is 11.8. The van der Waals surface area contributed by atoms with E-state index in [-0.39, 0.29) is 6.04 Å². The van der Waals surface area contributed by atoms with Gasteiger partial charge in [-0.15, -0.1) is 6.58 Å². The summed E-state index contributed by atoms with van der Waals surface area (Å²) in [7, 11) is 1.60. The third-order valence-corrected chi connectivity index (χ3v) is 2.35. The predicted octanol–water partition coefficient (Wildman–Crippen LogP) is 1.26. The Morgan fingerprint density at radius 3 is 2.94 bits per heavy atom. The highest BCUT2D eigenvalue weighted by atomic mass is 16.5. The van der Waals surface area contributed by atoms with Gasteiger partial charge in [-0.1, -0.05) is 12.1 Å². The van der Waals surface area contributed by atoms with E-state index in [1.165, 1.54) is 0 Å². The zero-order valence-electron chi connectivity index (χ0n) is 9.65. The van der Waals surface area contributed by atoms with Crippen LogP contribution >= 0.6 is 0 Å². The molecule has 0 aliphatic carbocycles. The van der Waals surface area contributed by atoms with Crippen LogP contribution in [-0.4, -0.2) is 25.2 Å². The van der Waals surface area contributed by atoms with Gasteiger partial charge in [0.25, 0.3) is 0 Å². The number of rotatable bonds is 7. The Kier molecular flexibility index (Phi) is 5.53. The van der Waals surface area contributed by atoms with Crippen LogP contribution in [0.4, 0.5) is 0 Å². The van der Waals surface area contributed by atoms with Gasteiger partial charge in [-0.3, -0.25) is 0 Å². The average molecular weight is 221 g/mol. The quantitative estimate of drug-likeness (QED) is 0.537. The molecule has 3 N–H and O–H groups in total. The number of methoxy groups -OCH3 is 1. The van der Waals surface area contributed by atoms with E-state index < -0.39 is 0 Å². The van der Waals surface area contributed by atoms with Crippen molar-refractivity contribution in [2.24, 2.45) is 5.73 Å². The molecule has 0 aromatic carbocycles. The van der Waals surface area contributed by atoms with E-state index in [9.17, 15) is 0 Å². The van der Waals surface area contributed by atoms with Crippen molar-refractivity contribution < 1.29 is 4.74 Å². The van der Waals surface area contributed by atoms with Gasteiger partial charge in [-0.2, -0.15) is 0 Å². The summed E-state index contributed by atoms with van der Waals surface area (Å²) in [4.78, 5) is 4.16. The van der Waals surface area contributed by atoms with Gasteiger partial charge < -0.3 is 15.8 Å². The Morgan fingerprint density at radius 2 is 2.44 bits per heavy atom. The summed E-state index contributed by atoms with van der Waals surface area (Å²) >= 11 is 0. The molecular formula is C12H19N3O. The van der Waals surface area contributed by atoms with Crippen molar-refractivity contribution in [3.63, 3.8) is 0 Å². The molecule has 1 heterocycles. The largest absolute Gasteiger partial charge is 0.481 e. The van der Waals surface area contributed by atoms with Gasteiger partial charge in [0.05, 0.1) is 7.11 Å². The lowest BCUT2D eigenvalue weighted by Gasteiger charge is -2.16. The molecular weight excluding hydrogens is 202 g/mol. The number of pyridine rings is 1. The maximum absolute atomic E-state index is 5.71. The highest BCUT2D eigenvalue weighted by molar-refractivity contribution is 5.21. The molecule has 0 bridgehead atoms. The van der Waals surface area contributed by atoms with Crippen LogP contribution in [0.25, 0.3) is 0 Å². The molecule has 4 heteroatoms. The van der Waals surface area contributed by atoms with E-state index in [4.69, 9.17) is 10.5 Å². The first-order chi connectivity index (χ1) is 7.81. The molecule has 1 atom stereocenters. The minimum absolute atomic E-state index is 0.137. The van der Waals surface area contributed by atoms with E-state index in [2.05, 4.69) is 16.9 Å². The van der Waals surface area contributed by atoms with Crippen LogP contribution in [0, 0.1) is 0 Å². The highest BCUT2D eigenvalue weighted by Gasteiger charge is 2.08. The maximum atomic E-state index is 5.71. The van der Waals surface area contributed by atoms with Crippen LogP contribution in [0.3, 0.4) is 0 Å². The molecule has 0 radical (unpaired) electrons. The van der Waals surface area contributed by atoms with Gasteiger partial charge in [-0.25, -0.2) is 4.98 Å². The van der Waals surface area contributed by atoms with Crippen molar-refractivity contribution in [3.05, 3.63) is 36.5 Å². The molecule has 16 heavy (non-hydrogen) atoms. The minimum Gasteiger partial charge on any atom is -0.481 e. The number of nitrogens with zero attached hydrogens (tertiary/aromatic N) is 1. The Morgan fingerprint density at radius 1 is 1.62 bits per heavy atom. The topological polar surface area (TPSA) is 60.2 Å². The fourth-order valence-corrected chi connectivity index (χ4v) is 1.42. The average Bonchev–Trinajstić information content (AvgIpc) is 2.35. The van der Waals surface area contributed by atoms with Crippen LogP contribution in [0.1, 0.15) is 18.0 Å². The first-order valence-corrected chi connectivity index (χ1v) is 5.36. The van der Waals surface area contributed by atoms with Crippen LogP contribution < -0.4 is 15.8 Å². The van der Waals surface area contributed by atoms with Crippen molar-refractivity contribution in [3.8, 4) is 5.88 Å². The first-order valence-electron chi connectivity index (χ1n) is 5.36. The molecule has 0 amide bonds. The van der Waals surface area contributed by atoms with Crippen LogP contribution in [-0.2, 0) is 0 Å². The first kappa shape index (κ1) is 12.7. The standard InChI is InChI=1S/C12H19N3O/c1-3-4-7-14-11(8-13)10-5-6-12(16-2)15-9-10/h3,5-6,9,11,14H,1,4,7-8,13H2,2H3. The van der Waals surface area contributed by atoms with Gasteiger partial charge in [0.15, 0.2) is 0 Å². The number of hydrogen-bond donors (Lipinski definition) is 2. The molecule has 0 saturated heterocycles. The molecule has 88 valence electrons. The fraction of sp³-hybridized carbons (Fsp3) is 0.417. The lowest BCUT2D eigenvalue weighted by atomic mass is 10.1. The second kappa shape index (κ2) is 6.98. The summed E-state index contributed by atoms with van der Waals surface area (Å²) in [5, 5.41) is 3.35. The predicted molar refractivity (Wildman–Crippen MR) is 65.4 cm³/mol. The molecule has 1 aromatic rings. The summed E-state index contributed by atoms with van der Waals surface area (Å²) in [5.41, 5.74) is 6.79.